The zero-order valence-corrected chi connectivity index (χ0v) is 5.68. The minimum absolute atomic E-state index is 0.313. The SMILES string of the molecule is CCC=C=COC(C)=O. The molecule has 0 rings (SSSR count). The average Bonchev–Trinajstić information content (AvgIpc) is 1.80. The molecule has 50 valence electrons. The molecule has 0 unspecified atom stereocenters. The van der Waals surface area contributed by atoms with Crippen molar-refractivity contribution in [2.24, 2.45) is 0 Å². The molecule has 0 aromatic heterocycles. The van der Waals surface area contributed by atoms with Crippen molar-refractivity contribution < 1.29 is 9.53 Å². The quantitative estimate of drug-likeness (QED) is 0.319. The highest BCUT2D eigenvalue weighted by molar-refractivity contribution is 5.66. The summed E-state index contributed by atoms with van der Waals surface area (Å²) in [6, 6.07) is 0. The first-order valence-electron chi connectivity index (χ1n) is 2.84. The van der Waals surface area contributed by atoms with Crippen LogP contribution in [0.4, 0.5) is 0 Å². The minimum atomic E-state index is -0.313. The van der Waals surface area contributed by atoms with Gasteiger partial charge in [-0.1, -0.05) is 12.7 Å². The lowest BCUT2D eigenvalue weighted by Gasteiger charge is -1.84. The van der Waals surface area contributed by atoms with E-state index in [-0.39, 0.29) is 5.97 Å². The summed E-state index contributed by atoms with van der Waals surface area (Å²) in [4.78, 5) is 10.1. The molecule has 2 heteroatoms. The van der Waals surface area contributed by atoms with Crippen LogP contribution in [0.1, 0.15) is 20.3 Å². The molecule has 0 fully saturated rings. The van der Waals surface area contributed by atoms with Crippen molar-refractivity contribution in [3.63, 3.8) is 0 Å². The van der Waals surface area contributed by atoms with E-state index in [1.165, 1.54) is 13.2 Å². The highest BCUT2D eigenvalue weighted by Gasteiger charge is 1.80. The molecule has 2 nitrogen and oxygen atoms in total. The number of allylic oxidation sites excluding steroid dienone is 1. The van der Waals surface area contributed by atoms with Gasteiger partial charge in [0.15, 0.2) is 0 Å². The summed E-state index contributed by atoms with van der Waals surface area (Å²) in [6.45, 7) is 3.33. The first-order chi connectivity index (χ1) is 4.27. The minimum Gasteiger partial charge on any atom is -0.426 e. The van der Waals surface area contributed by atoms with Crippen molar-refractivity contribution in [1.29, 1.82) is 0 Å². The highest BCUT2D eigenvalue weighted by atomic mass is 16.5. The van der Waals surface area contributed by atoms with Crippen LogP contribution in [-0.4, -0.2) is 5.97 Å². The Balaban J connectivity index is 3.47. The number of hydrogen-bond donors (Lipinski definition) is 0. The molecular formula is C7H10O2. The Kier molecular flexibility index (Phi) is 4.56. The topological polar surface area (TPSA) is 26.3 Å². The Morgan fingerprint density at radius 3 is 2.89 bits per heavy atom. The van der Waals surface area contributed by atoms with Gasteiger partial charge in [0, 0.05) is 6.92 Å². The zero-order chi connectivity index (χ0) is 7.11. The lowest BCUT2D eigenvalue weighted by atomic mass is 10.5. The Morgan fingerprint density at radius 1 is 1.78 bits per heavy atom. The van der Waals surface area contributed by atoms with Gasteiger partial charge >= 0.3 is 5.97 Å². The lowest BCUT2D eigenvalue weighted by Crippen LogP contribution is -1.88. The summed E-state index contributed by atoms with van der Waals surface area (Å²) in [6.07, 6.45) is 3.94. The van der Waals surface area contributed by atoms with E-state index in [4.69, 9.17) is 0 Å². The standard InChI is InChI=1S/C7H10O2/c1-3-4-5-6-9-7(2)8/h4,6H,3H2,1-2H3. The third-order valence-electron chi connectivity index (χ3n) is 0.615. The second kappa shape index (κ2) is 5.13. The van der Waals surface area contributed by atoms with Gasteiger partial charge in [-0.3, -0.25) is 4.79 Å². The maximum atomic E-state index is 10.1. The molecule has 0 amide bonds. The molecule has 0 heterocycles. The highest BCUT2D eigenvalue weighted by Crippen LogP contribution is 1.78. The maximum absolute atomic E-state index is 10.1. The number of rotatable bonds is 2. The van der Waals surface area contributed by atoms with E-state index in [2.05, 4.69) is 10.5 Å². The molecule has 0 bridgehead atoms. The average molecular weight is 126 g/mol. The molecule has 0 aromatic rings. The van der Waals surface area contributed by atoms with Crippen molar-refractivity contribution in [3.05, 3.63) is 18.1 Å². The van der Waals surface area contributed by atoms with Crippen molar-refractivity contribution in [2.45, 2.75) is 20.3 Å². The second-order valence-corrected chi connectivity index (χ2v) is 1.51. The van der Waals surface area contributed by atoms with Crippen molar-refractivity contribution in [1.82, 2.24) is 0 Å². The van der Waals surface area contributed by atoms with E-state index in [1.807, 2.05) is 6.92 Å². The zero-order valence-electron chi connectivity index (χ0n) is 5.68. The van der Waals surface area contributed by atoms with Crippen LogP contribution in [0, 0.1) is 0 Å². The van der Waals surface area contributed by atoms with E-state index in [1.54, 1.807) is 6.08 Å². The molecule has 0 radical (unpaired) electrons. The summed E-state index contributed by atoms with van der Waals surface area (Å²) in [5, 5.41) is 0. The number of esters is 1. The number of ether oxygens (including phenoxy) is 1. The molecule has 0 N–H and O–H groups in total. The maximum Gasteiger partial charge on any atom is 0.308 e. The molecule has 0 aliphatic heterocycles. The first kappa shape index (κ1) is 7.99. The molecular weight excluding hydrogens is 116 g/mol. The first-order valence-corrected chi connectivity index (χ1v) is 2.84. The van der Waals surface area contributed by atoms with Gasteiger partial charge in [0.1, 0.15) is 6.26 Å². The third kappa shape index (κ3) is 6.99. The second-order valence-electron chi connectivity index (χ2n) is 1.51. The van der Waals surface area contributed by atoms with E-state index >= 15 is 0 Å². The van der Waals surface area contributed by atoms with Crippen LogP contribution in [0.3, 0.4) is 0 Å². The summed E-state index contributed by atoms with van der Waals surface area (Å²) < 4.78 is 4.44. The van der Waals surface area contributed by atoms with Crippen LogP contribution in [-0.2, 0) is 9.53 Å². The molecule has 0 spiro atoms. The number of carbonyl (C=O) groups excluding carboxylic acids is 1. The Morgan fingerprint density at radius 2 is 2.44 bits per heavy atom. The smallest absolute Gasteiger partial charge is 0.308 e. The van der Waals surface area contributed by atoms with Gasteiger partial charge in [-0.05, 0) is 12.5 Å². The third-order valence-corrected chi connectivity index (χ3v) is 0.615. The van der Waals surface area contributed by atoms with Crippen molar-refractivity contribution >= 4 is 5.97 Å². The van der Waals surface area contributed by atoms with Crippen LogP contribution in [0.15, 0.2) is 18.1 Å². The van der Waals surface area contributed by atoms with Crippen LogP contribution in [0.25, 0.3) is 0 Å². The van der Waals surface area contributed by atoms with Gasteiger partial charge in [-0.2, -0.15) is 0 Å². The molecule has 0 atom stereocenters. The van der Waals surface area contributed by atoms with Gasteiger partial charge in [0.25, 0.3) is 0 Å². The number of hydrogen-bond acceptors (Lipinski definition) is 2. The molecule has 0 saturated carbocycles. The predicted octanol–water partition coefficient (Wildman–Crippen LogP) is 1.63. The normalized spacial score (nSPS) is 7.33. The Bertz CT molecular complexity index is 141. The monoisotopic (exact) mass is 126 g/mol. The largest absolute Gasteiger partial charge is 0.426 e. The van der Waals surface area contributed by atoms with Gasteiger partial charge in [0.2, 0.25) is 0 Å². The molecule has 0 aliphatic carbocycles. The van der Waals surface area contributed by atoms with Gasteiger partial charge in [-0.15, -0.1) is 0 Å². The molecule has 0 aliphatic rings. The molecule has 0 aromatic carbocycles. The van der Waals surface area contributed by atoms with Crippen molar-refractivity contribution in [2.75, 3.05) is 0 Å². The fourth-order valence-corrected chi connectivity index (χ4v) is 0.283. The van der Waals surface area contributed by atoms with E-state index < -0.39 is 0 Å². The van der Waals surface area contributed by atoms with Crippen LogP contribution < -0.4 is 0 Å². The van der Waals surface area contributed by atoms with Crippen LogP contribution in [0.5, 0.6) is 0 Å². The molecule has 9 heavy (non-hydrogen) atoms. The number of carbonyl (C=O) groups is 1. The van der Waals surface area contributed by atoms with Crippen LogP contribution >= 0.6 is 0 Å². The van der Waals surface area contributed by atoms with E-state index in [0.717, 1.165) is 6.42 Å². The summed E-state index contributed by atoms with van der Waals surface area (Å²) in [5.41, 5.74) is 2.67. The van der Waals surface area contributed by atoms with Gasteiger partial charge < -0.3 is 4.74 Å². The summed E-state index contributed by atoms with van der Waals surface area (Å²) in [7, 11) is 0. The van der Waals surface area contributed by atoms with Crippen molar-refractivity contribution in [3.8, 4) is 0 Å². The van der Waals surface area contributed by atoms with Gasteiger partial charge in [-0.25, -0.2) is 0 Å². The Labute approximate surface area is 54.8 Å². The van der Waals surface area contributed by atoms with Gasteiger partial charge in [0.05, 0.1) is 0 Å². The van der Waals surface area contributed by atoms with E-state index in [0.29, 0.717) is 0 Å². The summed E-state index contributed by atoms with van der Waals surface area (Å²) >= 11 is 0. The Hall–Kier alpha value is -1.01. The predicted molar refractivity (Wildman–Crippen MR) is 34.7 cm³/mol. The fraction of sp³-hybridized carbons (Fsp3) is 0.429. The fourth-order valence-electron chi connectivity index (χ4n) is 0.283. The molecule has 0 saturated heterocycles. The lowest BCUT2D eigenvalue weighted by molar-refractivity contribution is -0.135. The summed E-state index contributed by atoms with van der Waals surface area (Å²) in [5.74, 6) is -0.313. The van der Waals surface area contributed by atoms with E-state index in [9.17, 15) is 4.79 Å². The van der Waals surface area contributed by atoms with Crippen LogP contribution in [0.2, 0.25) is 0 Å².